The van der Waals surface area contributed by atoms with Gasteiger partial charge in [0.15, 0.2) is 0 Å². The number of carbonyl (C=O) groups excluding carboxylic acids is 1. The summed E-state index contributed by atoms with van der Waals surface area (Å²) in [6.45, 7) is 5.20. The molecule has 4 heteroatoms. The minimum absolute atomic E-state index is 0.153. The molecule has 0 fully saturated rings. The van der Waals surface area contributed by atoms with E-state index in [0.29, 0.717) is 0 Å². The summed E-state index contributed by atoms with van der Waals surface area (Å²) in [6.07, 6.45) is 0. The topological polar surface area (TPSA) is 66.4 Å². The molecule has 0 heterocycles. The molecule has 1 rings (SSSR count). The molecule has 17 heavy (non-hydrogen) atoms. The Morgan fingerprint density at radius 1 is 1.24 bits per heavy atom. The van der Waals surface area contributed by atoms with Gasteiger partial charge in [0, 0.05) is 5.92 Å². The lowest BCUT2D eigenvalue weighted by atomic mass is 10.2. The first-order valence-corrected chi connectivity index (χ1v) is 5.44. The van der Waals surface area contributed by atoms with E-state index >= 15 is 0 Å². The van der Waals surface area contributed by atoms with Crippen LogP contribution in [-0.4, -0.2) is 23.5 Å². The van der Waals surface area contributed by atoms with Gasteiger partial charge in [-0.05, 0) is 6.92 Å². The van der Waals surface area contributed by atoms with Crippen molar-refractivity contribution >= 4 is 11.9 Å². The smallest absolute Gasteiger partial charge is 0.322 e. The van der Waals surface area contributed by atoms with Crippen molar-refractivity contribution in [3.63, 3.8) is 0 Å². The van der Waals surface area contributed by atoms with Crippen LogP contribution in [0.5, 0.6) is 0 Å². The lowest BCUT2D eigenvalue weighted by Gasteiger charge is -2.03. The van der Waals surface area contributed by atoms with E-state index in [2.05, 4.69) is 24.4 Å². The fourth-order valence-corrected chi connectivity index (χ4v) is 0.901. The van der Waals surface area contributed by atoms with Gasteiger partial charge in [-0.3, -0.25) is 9.59 Å². The Labute approximate surface area is 102 Å². The second kappa shape index (κ2) is 8.33. The average Bonchev–Trinajstić information content (AvgIpc) is 2.27. The highest BCUT2D eigenvalue weighted by Gasteiger charge is 2.06. The van der Waals surface area contributed by atoms with Gasteiger partial charge in [-0.25, -0.2) is 0 Å². The van der Waals surface area contributed by atoms with Crippen molar-refractivity contribution in [2.45, 2.75) is 20.8 Å². The first-order chi connectivity index (χ1) is 7.93. The van der Waals surface area contributed by atoms with Crippen LogP contribution in [0.1, 0.15) is 19.4 Å². The predicted octanol–water partition coefficient (Wildman–Crippen LogP) is 1.84. The number of nitrogens with one attached hydrogen (secondary N) is 1. The molecule has 94 valence electrons. The standard InChI is InChI=1S/C7H8.C6H11NO3/c1-7-5-3-2-4-6-7;1-4(2)6(10)7-3-5(8)9/h2-6H,1H3;4H,3H2,1-2H3,(H,7,10)(H,8,9). The third kappa shape index (κ3) is 9.11. The summed E-state index contributed by atoms with van der Waals surface area (Å²) in [5, 5.41) is 10.4. The summed E-state index contributed by atoms with van der Waals surface area (Å²) >= 11 is 0. The van der Waals surface area contributed by atoms with Gasteiger partial charge in [0.05, 0.1) is 0 Å². The Bertz CT molecular complexity index is 347. The number of carbonyl (C=O) groups is 2. The highest BCUT2D eigenvalue weighted by Crippen LogP contribution is 1.92. The van der Waals surface area contributed by atoms with Crippen LogP contribution in [0.3, 0.4) is 0 Å². The van der Waals surface area contributed by atoms with Gasteiger partial charge in [0.2, 0.25) is 5.91 Å². The molecule has 0 aliphatic rings. The molecule has 0 unspecified atom stereocenters. The van der Waals surface area contributed by atoms with E-state index in [-0.39, 0.29) is 18.4 Å². The van der Waals surface area contributed by atoms with E-state index in [1.807, 2.05) is 18.2 Å². The van der Waals surface area contributed by atoms with Gasteiger partial charge < -0.3 is 10.4 Å². The summed E-state index contributed by atoms with van der Waals surface area (Å²) < 4.78 is 0. The van der Waals surface area contributed by atoms with Gasteiger partial charge in [-0.15, -0.1) is 0 Å². The van der Waals surface area contributed by atoms with Crippen molar-refractivity contribution in [3.05, 3.63) is 35.9 Å². The number of rotatable bonds is 3. The SMILES string of the molecule is CC(C)C(=O)NCC(=O)O.Cc1ccccc1. The maximum absolute atomic E-state index is 10.7. The van der Waals surface area contributed by atoms with Crippen LogP contribution >= 0.6 is 0 Å². The Hall–Kier alpha value is -1.84. The number of hydrogen-bond donors (Lipinski definition) is 2. The highest BCUT2D eigenvalue weighted by molar-refractivity contribution is 5.82. The molecule has 0 aromatic heterocycles. The van der Waals surface area contributed by atoms with Gasteiger partial charge in [0.25, 0.3) is 0 Å². The number of carboxylic acid groups (broad SMARTS) is 1. The highest BCUT2D eigenvalue weighted by atomic mass is 16.4. The maximum Gasteiger partial charge on any atom is 0.322 e. The van der Waals surface area contributed by atoms with E-state index in [0.717, 1.165) is 0 Å². The first-order valence-electron chi connectivity index (χ1n) is 5.44. The van der Waals surface area contributed by atoms with Gasteiger partial charge >= 0.3 is 5.97 Å². The largest absolute Gasteiger partial charge is 0.480 e. The first kappa shape index (κ1) is 15.2. The Kier molecular flexibility index (Phi) is 7.43. The van der Waals surface area contributed by atoms with E-state index in [1.165, 1.54) is 5.56 Å². The lowest BCUT2D eigenvalue weighted by molar-refractivity contribution is -0.138. The van der Waals surface area contributed by atoms with Crippen molar-refractivity contribution in [2.75, 3.05) is 6.54 Å². The molecular formula is C13H19NO3. The van der Waals surface area contributed by atoms with Crippen molar-refractivity contribution in [3.8, 4) is 0 Å². The molecule has 1 aromatic carbocycles. The van der Waals surface area contributed by atoms with Crippen LogP contribution in [0.4, 0.5) is 0 Å². The molecule has 1 aromatic rings. The number of carboxylic acids is 1. The third-order valence-electron chi connectivity index (χ3n) is 1.88. The number of benzene rings is 1. The minimum atomic E-state index is -1.02. The molecule has 0 saturated carbocycles. The maximum atomic E-state index is 10.7. The zero-order valence-corrected chi connectivity index (χ0v) is 10.4. The van der Waals surface area contributed by atoms with Crippen molar-refractivity contribution in [1.82, 2.24) is 5.32 Å². The van der Waals surface area contributed by atoms with Crippen LogP contribution in [-0.2, 0) is 9.59 Å². The monoisotopic (exact) mass is 237 g/mol. The molecule has 0 saturated heterocycles. The molecule has 0 spiro atoms. The van der Waals surface area contributed by atoms with Crippen molar-refractivity contribution in [2.24, 2.45) is 5.92 Å². The van der Waals surface area contributed by atoms with E-state index in [4.69, 9.17) is 5.11 Å². The number of aliphatic carboxylic acids is 1. The van der Waals surface area contributed by atoms with Crippen LogP contribution in [0, 0.1) is 12.8 Å². The molecule has 0 atom stereocenters. The lowest BCUT2D eigenvalue weighted by Crippen LogP contribution is -2.32. The van der Waals surface area contributed by atoms with E-state index in [9.17, 15) is 9.59 Å². The van der Waals surface area contributed by atoms with Crippen LogP contribution in [0.15, 0.2) is 30.3 Å². The molecule has 0 bridgehead atoms. The summed E-state index contributed by atoms with van der Waals surface area (Å²) in [6, 6.07) is 10.3. The zero-order chi connectivity index (χ0) is 13.3. The Morgan fingerprint density at radius 2 is 1.76 bits per heavy atom. The second-order valence-electron chi connectivity index (χ2n) is 3.92. The number of hydrogen-bond acceptors (Lipinski definition) is 2. The molecule has 2 N–H and O–H groups in total. The Morgan fingerprint density at radius 3 is 2.06 bits per heavy atom. The normalized spacial score (nSPS) is 9.18. The van der Waals surface area contributed by atoms with Gasteiger partial charge in [0.1, 0.15) is 6.54 Å². The number of amides is 1. The van der Waals surface area contributed by atoms with E-state index in [1.54, 1.807) is 13.8 Å². The molecule has 1 amide bonds. The summed E-state index contributed by atoms with van der Waals surface area (Å²) in [5.41, 5.74) is 1.32. The van der Waals surface area contributed by atoms with Crippen molar-refractivity contribution < 1.29 is 14.7 Å². The van der Waals surface area contributed by atoms with Crippen LogP contribution < -0.4 is 5.32 Å². The fourth-order valence-electron chi connectivity index (χ4n) is 0.901. The fraction of sp³-hybridized carbons (Fsp3) is 0.385. The third-order valence-corrected chi connectivity index (χ3v) is 1.88. The molecule has 4 nitrogen and oxygen atoms in total. The molecule has 0 aliphatic heterocycles. The van der Waals surface area contributed by atoms with Gasteiger partial charge in [-0.1, -0.05) is 49.7 Å². The summed E-state index contributed by atoms with van der Waals surface area (Å²) in [7, 11) is 0. The number of aryl methyl sites for hydroxylation is 1. The van der Waals surface area contributed by atoms with E-state index < -0.39 is 5.97 Å². The molecule has 0 aliphatic carbocycles. The minimum Gasteiger partial charge on any atom is -0.480 e. The summed E-state index contributed by atoms with van der Waals surface area (Å²) in [4.78, 5) is 20.6. The molecule has 0 radical (unpaired) electrons. The average molecular weight is 237 g/mol. The van der Waals surface area contributed by atoms with Crippen LogP contribution in [0.25, 0.3) is 0 Å². The molecular weight excluding hydrogens is 218 g/mol. The second-order valence-corrected chi connectivity index (χ2v) is 3.92. The zero-order valence-electron chi connectivity index (χ0n) is 10.4. The Balaban J connectivity index is 0.000000318. The van der Waals surface area contributed by atoms with Gasteiger partial charge in [-0.2, -0.15) is 0 Å². The quantitative estimate of drug-likeness (QED) is 0.843. The summed E-state index contributed by atoms with van der Waals surface area (Å²) in [5.74, 6) is -1.41. The van der Waals surface area contributed by atoms with Crippen molar-refractivity contribution in [1.29, 1.82) is 0 Å². The van der Waals surface area contributed by atoms with Crippen LogP contribution in [0.2, 0.25) is 0 Å². The predicted molar refractivity (Wildman–Crippen MR) is 66.7 cm³/mol.